The summed E-state index contributed by atoms with van der Waals surface area (Å²) in [6, 6.07) is 9.61. The SMILES string of the molecule is COc1cc(OC)c([C@H]2CC(=O)N(c3ccccc3F)C3=C2C(=O)CC(C)(C)C3)cc1OC. The standard InChI is InChI=1S/C26H28FNO5/c1-26(2)13-19-25(20(29)14-26)16(11-24(30)28(19)18-9-7-6-8-17(18)27)15-10-22(32-4)23(33-5)12-21(15)31-3/h6-10,12,16H,11,13-14H2,1-5H3/t16-/m1/s1. The van der Waals surface area contributed by atoms with E-state index in [1.54, 1.807) is 30.3 Å². The van der Waals surface area contributed by atoms with E-state index in [1.807, 2.05) is 13.8 Å². The van der Waals surface area contributed by atoms with Crippen LogP contribution in [0.3, 0.4) is 0 Å². The molecule has 0 N–H and O–H groups in total. The molecule has 0 spiro atoms. The molecule has 1 aliphatic heterocycles. The average Bonchev–Trinajstić information content (AvgIpc) is 2.77. The van der Waals surface area contributed by atoms with Crippen LogP contribution < -0.4 is 19.1 Å². The van der Waals surface area contributed by atoms with Crippen LogP contribution >= 0.6 is 0 Å². The van der Waals surface area contributed by atoms with Crippen LogP contribution in [0, 0.1) is 11.2 Å². The fraction of sp³-hybridized carbons (Fsp3) is 0.385. The summed E-state index contributed by atoms with van der Waals surface area (Å²) in [5, 5.41) is 0. The molecule has 6 nitrogen and oxygen atoms in total. The molecule has 2 aliphatic rings. The Balaban J connectivity index is 1.96. The van der Waals surface area contributed by atoms with Crippen LogP contribution in [0.15, 0.2) is 47.7 Å². The van der Waals surface area contributed by atoms with Crippen molar-refractivity contribution in [1.82, 2.24) is 0 Å². The monoisotopic (exact) mass is 453 g/mol. The number of hydrogen-bond acceptors (Lipinski definition) is 5. The summed E-state index contributed by atoms with van der Waals surface area (Å²) in [5.74, 6) is 0.100. The molecule has 33 heavy (non-hydrogen) atoms. The van der Waals surface area contributed by atoms with Crippen LogP contribution in [-0.2, 0) is 9.59 Å². The zero-order valence-corrected chi connectivity index (χ0v) is 19.5. The molecule has 1 heterocycles. The smallest absolute Gasteiger partial charge is 0.232 e. The first-order valence-electron chi connectivity index (χ1n) is 10.8. The topological polar surface area (TPSA) is 65.1 Å². The molecule has 2 aromatic rings. The lowest BCUT2D eigenvalue weighted by molar-refractivity contribution is -0.121. The van der Waals surface area contributed by atoms with E-state index in [-0.39, 0.29) is 29.2 Å². The van der Waals surface area contributed by atoms with Gasteiger partial charge < -0.3 is 14.2 Å². The lowest BCUT2D eigenvalue weighted by Gasteiger charge is -2.43. The zero-order chi connectivity index (χ0) is 23.9. The van der Waals surface area contributed by atoms with Crippen molar-refractivity contribution in [1.29, 1.82) is 0 Å². The highest BCUT2D eigenvalue weighted by molar-refractivity contribution is 6.08. The number of methoxy groups -OCH3 is 3. The number of nitrogens with zero attached hydrogens (tertiary/aromatic N) is 1. The fourth-order valence-electron chi connectivity index (χ4n) is 4.92. The van der Waals surface area contributed by atoms with Gasteiger partial charge in [0, 0.05) is 41.7 Å². The molecule has 0 radical (unpaired) electrons. The Labute approximate surface area is 192 Å². The Bertz CT molecular complexity index is 1150. The number of carbonyl (C=O) groups excluding carboxylic acids is 2. The van der Waals surface area contributed by atoms with Gasteiger partial charge in [-0.1, -0.05) is 26.0 Å². The molecule has 0 saturated carbocycles. The first-order chi connectivity index (χ1) is 15.7. The van der Waals surface area contributed by atoms with Crippen LogP contribution in [0.1, 0.15) is 44.6 Å². The number of para-hydroxylation sites is 1. The largest absolute Gasteiger partial charge is 0.496 e. The van der Waals surface area contributed by atoms with Gasteiger partial charge in [-0.2, -0.15) is 0 Å². The van der Waals surface area contributed by atoms with Gasteiger partial charge in [-0.15, -0.1) is 0 Å². The van der Waals surface area contributed by atoms with Crippen molar-refractivity contribution in [2.45, 2.75) is 39.0 Å². The highest BCUT2D eigenvalue weighted by Gasteiger charge is 2.45. The van der Waals surface area contributed by atoms with Gasteiger partial charge in [0.15, 0.2) is 17.3 Å². The number of ether oxygens (including phenoxy) is 3. The van der Waals surface area contributed by atoms with E-state index < -0.39 is 11.7 Å². The van der Waals surface area contributed by atoms with E-state index in [0.29, 0.717) is 46.9 Å². The van der Waals surface area contributed by atoms with Crippen molar-refractivity contribution in [3.8, 4) is 17.2 Å². The number of anilines is 1. The van der Waals surface area contributed by atoms with E-state index in [4.69, 9.17) is 14.2 Å². The molecule has 0 fully saturated rings. The van der Waals surface area contributed by atoms with Gasteiger partial charge in [0.2, 0.25) is 5.91 Å². The van der Waals surface area contributed by atoms with Crippen LogP contribution in [0.5, 0.6) is 17.2 Å². The minimum absolute atomic E-state index is 0.00514. The number of carbonyl (C=O) groups is 2. The maximum Gasteiger partial charge on any atom is 0.232 e. The highest BCUT2D eigenvalue weighted by atomic mass is 19.1. The number of halogens is 1. The molecule has 1 atom stereocenters. The number of allylic oxidation sites excluding steroid dienone is 2. The van der Waals surface area contributed by atoms with Crippen molar-refractivity contribution in [2.75, 3.05) is 26.2 Å². The lowest BCUT2D eigenvalue weighted by Crippen LogP contribution is -2.44. The quantitative estimate of drug-likeness (QED) is 0.636. The third kappa shape index (κ3) is 3.96. The Morgan fingerprint density at radius 1 is 0.939 bits per heavy atom. The number of amides is 1. The van der Waals surface area contributed by atoms with E-state index >= 15 is 0 Å². The molecule has 1 amide bonds. The number of hydrogen-bond donors (Lipinski definition) is 0. The fourth-order valence-corrected chi connectivity index (χ4v) is 4.92. The van der Waals surface area contributed by atoms with Gasteiger partial charge in [0.25, 0.3) is 0 Å². The van der Waals surface area contributed by atoms with Gasteiger partial charge in [-0.25, -0.2) is 4.39 Å². The van der Waals surface area contributed by atoms with E-state index in [9.17, 15) is 14.0 Å². The summed E-state index contributed by atoms with van der Waals surface area (Å²) >= 11 is 0. The summed E-state index contributed by atoms with van der Waals surface area (Å²) in [4.78, 5) is 28.4. The zero-order valence-electron chi connectivity index (χ0n) is 19.5. The molecule has 0 saturated heterocycles. The summed E-state index contributed by atoms with van der Waals surface area (Å²) in [6.45, 7) is 3.97. The van der Waals surface area contributed by atoms with E-state index in [0.717, 1.165) is 0 Å². The molecular formula is C26H28FNO5. The second kappa shape index (κ2) is 8.54. The third-order valence-corrected chi connectivity index (χ3v) is 6.35. The minimum atomic E-state index is -0.533. The van der Waals surface area contributed by atoms with Crippen LogP contribution in [0.4, 0.5) is 10.1 Å². The minimum Gasteiger partial charge on any atom is -0.496 e. The lowest BCUT2D eigenvalue weighted by atomic mass is 9.69. The second-order valence-corrected chi connectivity index (χ2v) is 9.19. The molecule has 0 unspecified atom stereocenters. The van der Waals surface area contributed by atoms with Crippen LogP contribution in [-0.4, -0.2) is 33.0 Å². The van der Waals surface area contributed by atoms with Gasteiger partial charge in [-0.05, 0) is 30.0 Å². The van der Waals surface area contributed by atoms with E-state index in [2.05, 4.69) is 0 Å². The van der Waals surface area contributed by atoms with Crippen molar-refractivity contribution in [2.24, 2.45) is 5.41 Å². The summed E-state index contributed by atoms with van der Waals surface area (Å²) in [7, 11) is 4.59. The molecule has 7 heteroatoms. The first-order valence-corrected chi connectivity index (χ1v) is 10.8. The van der Waals surface area contributed by atoms with Crippen molar-refractivity contribution < 1.29 is 28.2 Å². The summed E-state index contributed by atoms with van der Waals surface area (Å²) in [5.41, 5.74) is 1.56. The first kappa shape index (κ1) is 22.8. The summed E-state index contributed by atoms with van der Waals surface area (Å²) in [6.07, 6.45) is 0.822. The Morgan fingerprint density at radius 2 is 1.58 bits per heavy atom. The molecule has 2 aromatic carbocycles. The Morgan fingerprint density at radius 3 is 2.21 bits per heavy atom. The molecule has 0 bridgehead atoms. The van der Waals surface area contributed by atoms with Gasteiger partial charge >= 0.3 is 0 Å². The summed E-state index contributed by atoms with van der Waals surface area (Å²) < 4.78 is 31.2. The molecule has 4 rings (SSSR count). The average molecular weight is 454 g/mol. The third-order valence-electron chi connectivity index (χ3n) is 6.35. The molecule has 1 aliphatic carbocycles. The molecule has 0 aromatic heterocycles. The highest BCUT2D eigenvalue weighted by Crippen LogP contribution is 2.51. The predicted octanol–water partition coefficient (Wildman–Crippen LogP) is 5.02. The Kier molecular flexibility index (Phi) is 5.91. The maximum atomic E-state index is 14.8. The van der Waals surface area contributed by atoms with Crippen molar-refractivity contribution in [3.05, 3.63) is 59.0 Å². The van der Waals surface area contributed by atoms with Gasteiger partial charge in [0.05, 0.1) is 27.0 Å². The van der Waals surface area contributed by atoms with Crippen molar-refractivity contribution >= 4 is 17.4 Å². The Hall–Kier alpha value is -3.35. The normalized spacial score (nSPS) is 19.9. The van der Waals surface area contributed by atoms with Crippen LogP contribution in [0.25, 0.3) is 0 Å². The molecular weight excluding hydrogens is 425 g/mol. The number of rotatable bonds is 5. The van der Waals surface area contributed by atoms with E-state index in [1.165, 1.54) is 32.3 Å². The van der Waals surface area contributed by atoms with Gasteiger partial charge in [0.1, 0.15) is 11.6 Å². The molecule has 174 valence electrons. The number of ketones is 1. The van der Waals surface area contributed by atoms with Gasteiger partial charge in [-0.3, -0.25) is 14.5 Å². The number of Topliss-reactive ketones (excluding diaryl/α,β-unsaturated/α-hetero) is 1. The number of benzene rings is 2. The predicted molar refractivity (Wildman–Crippen MR) is 122 cm³/mol. The second-order valence-electron chi connectivity index (χ2n) is 9.19. The van der Waals surface area contributed by atoms with Crippen molar-refractivity contribution in [3.63, 3.8) is 0 Å². The maximum absolute atomic E-state index is 14.8. The van der Waals surface area contributed by atoms with Crippen LogP contribution in [0.2, 0.25) is 0 Å².